The molecular weight excluding hydrogens is 212 g/mol. The van der Waals surface area contributed by atoms with Gasteiger partial charge in [0.2, 0.25) is 0 Å². The van der Waals surface area contributed by atoms with E-state index < -0.39 is 0 Å². The van der Waals surface area contributed by atoms with Gasteiger partial charge >= 0.3 is 0 Å². The highest BCUT2D eigenvalue weighted by molar-refractivity contribution is 4.80. The molecule has 1 heterocycles. The van der Waals surface area contributed by atoms with E-state index >= 15 is 0 Å². The van der Waals surface area contributed by atoms with Crippen LogP contribution in [-0.4, -0.2) is 20.2 Å². The molecule has 4 nitrogen and oxygen atoms in total. The molecule has 0 spiro atoms. The Hall–Kier alpha value is -0.930. The van der Waals surface area contributed by atoms with E-state index in [1.54, 1.807) is 0 Å². The molecule has 17 heavy (non-hydrogen) atoms. The van der Waals surface area contributed by atoms with Crippen molar-refractivity contribution in [2.45, 2.75) is 71.3 Å². The van der Waals surface area contributed by atoms with Crippen LogP contribution in [0.1, 0.15) is 64.1 Å². The van der Waals surface area contributed by atoms with Gasteiger partial charge < -0.3 is 0 Å². The Labute approximate surface area is 105 Å². The third-order valence-corrected chi connectivity index (χ3v) is 2.98. The predicted octanol–water partition coefficient (Wildman–Crippen LogP) is 3.19. The molecular formula is C13H25N4. The van der Waals surface area contributed by atoms with Crippen molar-refractivity contribution >= 4 is 0 Å². The molecule has 0 aromatic carbocycles. The monoisotopic (exact) mass is 237 g/mol. The molecule has 97 valence electrons. The molecule has 0 fully saturated rings. The van der Waals surface area contributed by atoms with Gasteiger partial charge in [0.05, 0.1) is 0 Å². The number of rotatable bonds is 10. The van der Waals surface area contributed by atoms with Crippen molar-refractivity contribution in [1.29, 1.82) is 0 Å². The molecule has 0 bridgehead atoms. The third-order valence-electron chi connectivity index (χ3n) is 2.98. The summed E-state index contributed by atoms with van der Waals surface area (Å²) >= 11 is 0. The molecule has 0 atom stereocenters. The first-order chi connectivity index (χ1) is 8.38. The molecule has 0 aliphatic heterocycles. The van der Waals surface area contributed by atoms with Gasteiger partial charge in [0.25, 0.3) is 0 Å². The van der Waals surface area contributed by atoms with Crippen LogP contribution in [0.2, 0.25) is 0 Å². The van der Waals surface area contributed by atoms with Gasteiger partial charge in [0, 0.05) is 13.0 Å². The van der Waals surface area contributed by atoms with Crippen molar-refractivity contribution in [3.05, 3.63) is 12.7 Å². The van der Waals surface area contributed by atoms with E-state index in [-0.39, 0.29) is 0 Å². The van der Waals surface area contributed by atoms with E-state index in [2.05, 4.69) is 29.4 Å². The zero-order valence-electron chi connectivity index (χ0n) is 11.1. The minimum absolute atomic E-state index is 0.954. The number of tetrazole rings is 1. The summed E-state index contributed by atoms with van der Waals surface area (Å²) in [4.78, 5) is 0. The molecule has 0 aliphatic rings. The highest BCUT2D eigenvalue weighted by Gasteiger charge is 2.04. The molecule has 0 saturated carbocycles. The van der Waals surface area contributed by atoms with Gasteiger partial charge in [-0.25, -0.2) is 4.68 Å². The normalized spacial score (nSPS) is 10.9. The summed E-state index contributed by atoms with van der Waals surface area (Å²) in [7, 11) is 0. The number of hydrogen-bond acceptors (Lipinski definition) is 3. The van der Waals surface area contributed by atoms with Gasteiger partial charge in [-0.15, -0.1) is 5.10 Å². The summed E-state index contributed by atoms with van der Waals surface area (Å²) in [6.07, 6.45) is 10.7. The predicted molar refractivity (Wildman–Crippen MR) is 69.5 cm³/mol. The Bertz CT molecular complexity index is 256. The van der Waals surface area contributed by atoms with Crippen LogP contribution in [0.4, 0.5) is 0 Å². The molecule has 1 rings (SSSR count). The molecule has 1 aromatic rings. The van der Waals surface area contributed by atoms with Crippen molar-refractivity contribution in [3.63, 3.8) is 0 Å². The van der Waals surface area contributed by atoms with E-state index in [0.717, 1.165) is 31.6 Å². The third kappa shape index (κ3) is 5.80. The lowest BCUT2D eigenvalue weighted by molar-refractivity contribution is 0.508. The van der Waals surface area contributed by atoms with Crippen LogP contribution in [0, 0.1) is 6.92 Å². The Morgan fingerprint density at radius 2 is 1.88 bits per heavy atom. The Balaban J connectivity index is 2.22. The zero-order valence-corrected chi connectivity index (χ0v) is 11.1. The van der Waals surface area contributed by atoms with Gasteiger partial charge in [-0.2, -0.15) is 0 Å². The van der Waals surface area contributed by atoms with Crippen LogP contribution in [-0.2, 0) is 13.0 Å². The first-order valence-electron chi connectivity index (χ1n) is 6.92. The van der Waals surface area contributed by atoms with Crippen molar-refractivity contribution in [3.8, 4) is 0 Å². The molecule has 0 N–H and O–H groups in total. The average molecular weight is 237 g/mol. The van der Waals surface area contributed by atoms with Crippen LogP contribution in [0.25, 0.3) is 0 Å². The molecule has 1 radical (unpaired) electrons. The first kappa shape index (κ1) is 14.1. The number of nitrogens with zero attached hydrogens (tertiary/aromatic N) is 4. The molecule has 0 aliphatic carbocycles. The SMILES string of the molecule is [CH2]CCCCCn1nnnc1CCCCCC. The zero-order chi connectivity index (χ0) is 12.3. The lowest BCUT2D eigenvalue weighted by atomic mass is 10.1. The average Bonchev–Trinajstić information content (AvgIpc) is 2.78. The van der Waals surface area contributed by atoms with Crippen molar-refractivity contribution < 1.29 is 0 Å². The Morgan fingerprint density at radius 1 is 1.06 bits per heavy atom. The van der Waals surface area contributed by atoms with Gasteiger partial charge in [-0.1, -0.05) is 52.4 Å². The summed E-state index contributed by atoms with van der Waals surface area (Å²) in [5.41, 5.74) is 0. The minimum atomic E-state index is 0.954. The van der Waals surface area contributed by atoms with E-state index in [1.807, 2.05) is 4.68 Å². The minimum Gasteiger partial charge on any atom is -0.230 e. The molecule has 1 aromatic heterocycles. The number of aryl methyl sites for hydroxylation is 2. The standard InChI is InChI=1S/C13H25N4/c1-3-5-7-9-11-13-14-15-16-17(13)12-10-8-6-4-2/h2-12H2,1H3. The summed E-state index contributed by atoms with van der Waals surface area (Å²) in [6.45, 7) is 7.03. The smallest absolute Gasteiger partial charge is 0.151 e. The molecule has 4 heteroatoms. The molecule has 0 saturated heterocycles. The first-order valence-corrected chi connectivity index (χ1v) is 6.92. The maximum atomic E-state index is 4.10. The quantitative estimate of drug-likeness (QED) is 0.587. The summed E-state index contributed by atoms with van der Waals surface area (Å²) in [5.74, 6) is 1.05. The van der Waals surface area contributed by atoms with Crippen molar-refractivity contribution in [1.82, 2.24) is 20.2 Å². The Kier molecular flexibility index (Phi) is 7.60. The fraction of sp³-hybridized carbons (Fsp3) is 0.846. The van der Waals surface area contributed by atoms with E-state index in [4.69, 9.17) is 0 Å². The van der Waals surface area contributed by atoms with Crippen LogP contribution in [0.3, 0.4) is 0 Å². The van der Waals surface area contributed by atoms with E-state index in [1.165, 1.54) is 38.5 Å². The second-order valence-electron chi connectivity index (χ2n) is 4.54. The summed E-state index contributed by atoms with van der Waals surface area (Å²) in [5, 5.41) is 11.9. The van der Waals surface area contributed by atoms with Gasteiger partial charge in [-0.05, 0) is 23.3 Å². The number of hydrogen-bond donors (Lipinski definition) is 0. The van der Waals surface area contributed by atoms with E-state index in [0.29, 0.717) is 0 Å². The lowest BCUT2D eigenvalue weighted by Gasteiger charge is -2.04. The van der Waals surface area contributed by atoms with Gasteiger partial charge in [-0.3, -0.25) is 0 Å². The van der Waals surface area contributed by atoms with Crippen LogP contribution >= 0.6 is 0 Å². The fourth-order valence-electron chi connectivity index (χ4n) is 1.90. The van der Waals surface area contributed by atoms with E-state index in [9.17, 15) is 0 Å². The topological polar surface area (TPSA) is 43.6 Å². The lowest BCUT2D eigenvalue weighted by Crippen LogP contribution is -2.06. The highest BCUT2D eigenvalue weighted by Crippen LogP contribution is 2.06. The summed E-state index contributed by atoms with van der Waals surface area (Å²) < 4.78 is 1.97. The maximum Gasteiger partial charge on any atom is 0.151 e. The van der Waals surface area contributed by atoms with Crippen LogP contribution in [0.15, 0.2) is 0 Å². The maximum absolute atomic E-state index is 4.10. The van der Waals surface area contributed by atoms with Crippen molar-refractivity contribution in [2.75, 3.05) is 0 Å². The molecule has 0 unspecified atom stereocenters. The number of unbranched alkanes of at least 4 members (excludes halogenated alkanes) is 6. The largest absolute Gasteiger partial charge is 0.230 e. The second kappa shape index (κ2) is 9.14. The van der Waals surface area contributed by atoms with Crippen LogP contribution < -0.4 is 0 Å². The second-order valence-corrected chi connectivity index (χ2v) is 4.54. The van der Waals surface area contributed by atoms with Gasteiger partial charge in [0.1, 0.15) is 0 Å². The Morgan fingerprint density at radius 3 is 2.65 bits per heavy atom. The van der Waals surface area contributed by atoms with Gasteiger partial charge in [0.15, 0.2) is 5.82 Å². The fourth-order valence-corrected chi connectivity index (χ4v) is 1.90. The van der Waals surface area contributed by atoms with Crippen LogP contribution in [0.5, 0.6) is 0 Å². The molecule has 0 amide bonds. The highest BCUT2D eigenvalue weighted by atomic mass is 15.5. The van der Waals surface area contributed by atoms with Crippen molar-refractivity contribution in [2.24, 2.45) is 0 Å². The summed E-state index contributed by atoms with van der Waals surface area (Å²) in [6, 6.07) is 0. The number of aromatic nitrogens is 4.